The van der Waals surface area contributed by atoms with E-state index in [9.17, 15) is 0 Å². The van der Waals surface area contributed by atoms with Crippen molar-refractivity contribution < 1.29 is 14.2 Å². The maximum absolute atomic E-state index is 5.73. The van der Waals surface area contributed by atoms with E-state index in [1.165, 1.54) is 0 Å². The number of nitrogens with one attached hydrogen (secondary N) is 1. The van der Waals surface area contributed by atoms with Crippen LogP contribution in [0, 0.1) is 5.92 Å². The van der Waals surface area contributed by atoms with Gasteiger partial charge in [-0.1, -0.05) is 32.0 Å². The predicted molar refractivity (Wildman–Crippen MR) is 81.2 cm³/mol. The lowest BCUT2D eigenvalue weighted by molar-refractivity contribution is 0.0281. The van der Waals surface area contributed by atoms with Crippen molar-refractivity contribution in [3.63, 3.8) is 0 Å². The Morgan fingerprint density at radius 1 is 1.00 bits per heavy atom. The molecule has 4 nitrogen and oxygen atoms in total. The van der Waals surface area contributed by atoms with Gasteiger partial charge in [0, 0.05) is 18.7 Å². The number of hydrogen-bond donors (Lipinski definition) is 1. The monoisotopic (exact) mass is 281 g/mol. The molecule has 0 heterocycles. The van der Waals surface area contributed by atoms with Crippen molar-refractivity contribution in [2.75, 3.05) is 40.1 Å². The molecule has 0 spiro atoms. The largest absolute Gasteiger partial charge is 0.491 e. The van der Waals surface area contributed by atoms with E-state index in [0.717, 1.165) is 24.5 Å². The fourth-order valence-corrected chi connectivity index (χ4v) is 1.73. The first-order valence-electron chi connectivity index (χ1n) is 7.24. The topological polar surface area (TPSA) is 39.7 Å². The van der Waals surface area contributed by atoms with Crippen LogP contribution in [0.1, 0.15) is 19.4 Å². The van der Waals surface area contributed by atoms with Crippen LogP contribution >= 0.6 is 0 Å². The van der Waals surface area contributed by atoms with Crippen molar-refractivity contribution >= 4 is 0 Å². The molecule has 1 rings (SSSR count). The predicted octanol–water partition coefficient (Wildman–Crippen LogP) is 2.47. The highest BCUT2D eigenvalue weighted by molar-refractivity contribution is 5.33. The molecule has 0 aliphatic rings. The first-order chi connectivity index (χ1) is 9.74. The number of benzene rings is 1. The van der Waals surface area contributed by atoms with Gasteiger partial charge in [-0.05, 0) is 19.0 Å². The maximum Gasteiger partial charge on any atom is 0.123 e. The van der Waals surface area contributed by atoms with Gasteiger partial charge in [0.25, 0.3) is 0 Å². The van der Waals surface area contributed by atoms with Crippen LogP contribution in [0.15, 0.2) is 24.3 Å². The summed E-state index contributed by atoms with van der Waals surface area (Å²) in [6.07, 6.45) is 0. The third-order valence-corrected chi connectivity index (χ3v) is 2.65. The summed E-state index contributed by atoms with van der Waals surface area (Å²) in [4.78, 5) is 0. The summed E-state index contributed by atoms with van der Waals surface area (Å²) in [5.74, 6) is 1.49. The van der Waals surface area contributed by atoms with Crippen molar-refractivity contribution in [2.24, 2.45) is 5.92 Å². The van der Waals surface area contributed by atoms with Crippen LogP contribution in [0.2, 0.25) is 0 Å². The third kappa shape index (κ3) is 7.48. The Hall–Kier alpha value is -1.10. The fourth-order valence-electron chi connectivity index (χ4n) is 1.73. The van der Waals surface area contributed by atoms with Crippen molar-refractivity contribution in [1.82, 2.24) is 5.32 Å². The van der Waals surface area contributed by atoms with Gasteiger partial charge in [-0.3, -0.25) is 0 Å². The average molecular weight is 281 g/mol. The molecule has 114 valence electrons. The number of rotatable bonds is 11. The van der Waals surface area contributed by atoms with Crippen molar-refractivity contribution in [2.45, 2.75) is 20.4 Å². The van der Waals surface area contributed by atoms with E-state index in [1.807, 2.05) is 25.2 Å². The van der Waals surface area contributed by atoms with Crippen molar-refractivity contribution in [3.8, 4) is 5.75 Å². The van der Waals surface area contributed by atoms with Crippen LogP contribution in [-0.4, -0.2) is 40.1 Å². The van der Waals surface area contributed by atoms with Crippen LogP contribution < -0.4 is 10.1 Å². The minimum absolute atomic E-state index is 0.560. The van der Waals surface area contributed by atoms with Crippen molar-refractivity contribution in [3.05, 3.63) is 29.8 Å². The van der Waals surface area contributed by atoms with Gasteiger partial charge < -0.3 is 19.5 Å². The van der Waals surface area contributed by atoms with Gasteiger partial charge in [-0.2, -0.15) is 0 Å². The molecule has 0 bridgehead atoms. The molecule has 4 heteroatoms. The Bertz CT molecular complexity index is 355. The lowest BCUT2D eigenvalue weighted by Gasteiger charge is -2.11. The van der Waals surface area contributed by atoms with Gasteiger partial charge >= 0.3 is 0 Å². The lowest BCUT2D eigenvalue weighted by Crippen LogP contribution is -2.13. The van der Waals surface area contributed by atoms with E-state index >= 15 is 0 Å². The minimum atomic E-state index is 0.560. The second kappa shape index (κ2) is 10.7. The van der Waals surface area contributed by atoms with E-state index in [-0.39, 0.29) is 0 Å². The van der Waals surface area contributed by atoms with Gasteiger partial charge in [-0.25, -0.2) is 0 Å². The lowest BCUT2D eigenvalue weighted by atomic mass is 10.2. The zero-order valence-electron chi connectivity index (χ0n) is 12.9. The molecular weight excluding hydrogens is 254 g/mol. The first kappa shape index (κ1) is 17.0. The van der Waals surface area contributed by atoms with E-state index in [4.69, 9.17) is 14.2 Å². The maximum atomic E-state index is 5.73. The van der Waals surface area contributed by atoms with Gasteiger partial charge in [0.05, 0.1) is 19.8 Å². The first-order valence-corrected chi connectivity index (χ1v) is 7.24. The highest BCUT2D eigenvalue weighted by Gasteiger charge is 2.01. The summed E-state index contributed by atoms with van der Waals surface area (Å²) in [6.45, 7) is 8.28. The minimum Gasteiger partial charge on any atom is -0.491 e. The Morgan fingerprint density at radius 3 is 2.45 bits per heavy atom. The van der Waals surface area contributed by atoms with Gasteiger partial charge in [0.2, 0.25) is 0 Å². The molecule has 0 aliphatic heterocycles. The molecule has 1 aromatic carbocycles. The zero-order chi connectivity index (χ0) is 14.6. The molecule has 0 amide bonds. The zero-order valence-corrected chi connectivity index (χ0v) is 12.9. The molecule has 0 saturated heterocycles. The second-order valence-electron chi connectivity index (χ2n) is 5.07. The third-order valence-electron chi connectivity index (χ3n) is 2.65. The highest BCUT2D eigenvalue weighted by Crippen LogP contribution is 2.17. The van der Waals surface area contributed by atoms with Crippen LogP contribution in [0.25, 0.3) is 0 Å². The Balaban J connectivity index is 2.09. The van der Waals surface area contributed by atoms with E-state index in [1.54, 1.807) is 0 Å². The molecule has 1 N–H and O–H groups in total. The molecule has 0 radical (unpaired) electrons. The SMILES string of the molecule is CNCc1ccccc1OCCOCCOCC(C)C. The molecule has 1 aromatic rings. The molecule has 0 aromatic heterocycles. The van der Waals surface area contributed by atoms with Crippen LogP contribution in [0.4, 0.5) is 0 Å². The quantitative estimate of drug-likeness (QED) is 0.633. The van der Waals surface area contributed by atoms with Crippen LogP contribution in [-0.2, 0) is 16.0 Å². The van der Waals surface area contributed by atoms with Crippen LogP contribution in [0.5, 0.6) is 5.75 Å². The normalized spacial score (nSPS) is 11.0. The molecule has 0 saturated carbocycles. The molecule has 0 atom stereocenters. The summed E-state index contributed by atoms with van der Waals surface area (Å²) in [5, 5.41) is 3.13. The Labute approximate surface area is 122 Å². The van der Waals surface area contributed by atoms with Crippen molar-refractivity contribution in [1.29, 1.82) is 0 Å². The smallest absolute Gasteiger partial charge is 0.123 e. The summed E-state index contributed by atoms with van der Waals surface area (Å²) < 4.78 is 16.6. The van der Waals surface area contributed by atoms with Crippen LogP contribution in [0.3, 0.4) is 0 Å². The molecule has 0 unspecified atom stereocenters. The number of ether oxygens (including phenoxy) is 3. The summed E-state index contributed by atoms with van der Waals surface area (Å²) >= 11 is 0. The molecule has 0 aliphatic carbocycles. The fraction of sp³-hybridized carbons (Fsp3) is 0.625. The Morgan fingerprint density at radius 2 is 1.70 bits per heavy atom. The van der Waals surface area contributed by atoms with E-state index < -0.39 is 0 Å². The van der Waals surface area contributed by atoms with E-state index in [0.29, 0.717) is 32.3 Å². The summed E-state index contributed by atoms with van der Waals surface area (Å²) in [6, 6.07) is 8.04. The standard InChI is InChI=1S/C16H27NO3/c1-14(2)13-19-9-8-18-10-11-20-16-7-5-4-6-15(16)12-17-3/h4-7,14,17H,8-13H2,1-3H3. The summed E-state index contributed by atoms with van der Waals surface area (Å²) in [7, 11) is 1.93. The molecule has 20 heavy (non-hydrogen) atoms. The average Bonchev–Trinajstić information content (AvgIpc) is 2.43. The van der Waals surface area contributed by atoms with Gasteiger partial charge in [-0.15, -0.1) is 0 Å². The highest BCUT2D eigenvalue weighted by atomic mass is 16.5. The number of para-hydroxylation sites is 1. The number of hydrogen-bond acceptors (Lipinski definition) is 4. The van der Waals surface area contributed by atoms with Gasteiger partial charge in [0.15, 0.2) is 0 Å². The van der Waals surface area contributed by atoms with E-state index in [2.05, 4.69) is 25.2 Å². The molecular formula is C16H27NO3. The molecule has 0 fully saturated rings. The van der Waals surface area contributed by atoms with Gasteiger partial charge in [0.1, 0.15) is 12.4 Å². The Kier molecular flexibility index (Phi) is 9.04. The summed E-state index contributed by atoms with van der Waals surface area (Å²) in [5.41, 5.74) is 1.16. The second-order valence-corrected chi connectivity index (χ2v) is 5.07.